The number of carbonyl (C=O) groups is 2. The van der Waals surface area contributed by atoms with Crippen LogP contribution in [0.1, 0.15) is 35.7 Å². The first kappa shape index (κ1) is 18.1. The Morgan fingerprint density at radius 3 is 2.19 bits per heavy atom. The van der Waals surface area contributed by atoms with E-state index in [2.05, 4.69) is 16.8 Å². The average Bonchev–Trinajstić information content (AvgIpc) is 2.72. The third-order valence-corrected chi connectivity index (χ3v) is 4.91. The second-order valence-electron chi connectivity index (χ2n) is 6.55. The van der Waals surface area contributed by atoms with Gasteiger partial charge in [-0.05, 0) is 24.1 Å². The lowest BCUT2D eigenvalue weighted by molar-refractivity contribution is -0.131. The zero-order chi connectivity index (χ0) is 18.4. The quantitative estimate of drug-likeness (QED) is 0.751. The van der Waals surface area contributed by atoms with E-state index in [1.54, 1.807) is 12.4 Å². The maximum Gasteiger partial charge on any atom is 0.223 e. The van der Waals surface area contributed by atoms with E-state index in [1.807, 2.05) is 41.3 Å². The lowest BCUT2D eigenvalue weighted by atomic mass is 10.0. The Morgan fingerprint density at radius 2 is 1.58 bits per heavy atom. The number of piperazine rings is 1. The molecule has 0 N–H and O–H groups in total. The van der Waals surface area contributed by atoms with Crippen molar-refractivity contribution in [3.8, 4) is 0 Å². The van der Waals surface area contributed by atoms with Gasteiger partial charge in [-0.25, -0.2) is 0 Å². The summed E-state index contributed by atoms with van der Waals surface area (Å²) in [7, 11) is 0. The highest BCUT2D eigenvalue weighted by molar-refractivity contribution is 5.98. The molecule has 1 aliphatic rings. The first-order chi connectivity index (χ1) is 12.7. The van der Waals surface area contributed by atoms with Crippen molar-refractivity contribution >= 4 is 17.4 Å². The number of hydrogen-bond acceptors (Lipinski definition) is 4. The van der Waals surface area contributed by atoms with Crippen molar-refractivity contribution in [2.24, 2.45) is 0 Å². The Balaban J connectivity index is 1.46. The normalized spacial score (nSPS) is 14.3. The molecule has 1 aromatic heterocycles. The van der Waals surface area contributed by atoms with Gasteiger partial charge in [-0.1, -0.05) is 31.2 Å². The molecule has 0 aliphatic carbocycles. The second-order valence-corrected chi connectivity index (χ2v) is 6.55. The Hall–Kier alpha value is -2.69. The van der Waals surface area contributed by atoms with E-state index in [9.17, 15) is 9.59 Å². The lowest BCUT2D eigenvalue weighted by Gasteiger charge is -2.36. The molecule has 5 heteroatoms. The fourth-order valence-electron chi connectivity index (χ4n) is 3.22. The van der Waals surface area contributed by atoms with Gasteiger partial charge in [0.05, 0.1) is 0 Å². The number of carbonyl (C=O) groups excluding carboxylic acids is 2. The van der Waals surface area contributed by atoms with E-state index in [0.717, 1.165) is 25.2 Å². The summed E-state index contributed by atoms with van der Waals surface area (Å²) in [4.78, 5) is 32.9. The van der Waals surface area contributed by atoms with Gasteiger partial charge < -0.3 is 9.80 Å². The number of hydrogen-bond donors (Lipinski definition) is 0. The molecule has 136 valence electrons. The molecule has 0 bridgehead atoms. The zero-order valence-electron chi connectivity index (χ0n) is 15.2. The molecule has 2 aromatic rings. The van der Waals surface area contributed by atoms with Gasteiger partial charge in [0, 0.05) is 62.7 Å². The predicted molar refractivity (Wildman–Crippen MR) is 102 cm³/mol. The van der Waals surface area contributed by atoms with Crippen molar-refractivity contribution in [3.05, 3.63) is 59.9 Å². The van der Waals surface area contributed by atoms with Crippen molar-refractivity contribution in [1.82, 2.24) is 9.88 Å². The molecular weight excluding hydrogens is 326 g/mol. The number of pyridine rings is 1. The smallest absolute Gasteiger partial charge is 0.223 e. The van der Waals surface area contributed by atoms with E-state index < -0.39 is 0 Å². The van der Waals surface area contributed by atoms with E-state index in [1.165, 1.54) is 5.56 Å². The molecule has 0 unspecified atom stereocenters. The number of Topliss-reactive ketones (excluding diaryl/α,β-unsaturated/α-hetero) is 1. The Labute approximate surface area is 154 Å². The third kappa shape index (κ3) is 4.48. The van der Waals surface area contributed by atoms with Gasteiger partial charge in [0.1, 0.15) is 0 Å². The summed E-state index contributed by atoms with van der Waals surface area (Å²) in [6, 6.07) is 11.7. The molecule has 1 saturated heterocycles. The molecule has 5 nitrogen and oxygen atoms in total. The first-order valence-electron chi connectivity index (χ1n) is 9.22. The molecule has 0 spiro atoms. The van der Waals surface area contributed by atoms with Gasteiger partial charge in [0.15, 0.2) is 5.78 Å². The molecule has 0 saturated carbocycles. The van der Waals surface area contributed by atoms with Gasteiger partial charge in [-0.3, -0.25) is 14.6 Å². The lowest BCUT2D eigenvalue weighted by Crippen LogP contribution is -2.48. The third-order valence-electron chi connectivity index (χ3n) is 4.91. The number of anilines is 1. The number of aromatic nitrogens is 1. The second kappa shape index (κ2) is 8.61. The van der Waals surface area contributed by atoms with E-state index in [0.29, 0.717) is 18.7 Å². The summed E-state index contributed by atoms with van der Waals surface area (Å²) in [6.07, 6.45) is 5.08. The van der Waals surface area contributed by atoms with Crippen molar-refractivity contribution in [3.63, 3.8) is 0 Å². The Bertz CT molecular complexity index is 736. The van der Waals surface area contributed by atoms with Gasteiger partial charge in [-0.15, -0.1) is 0 Å². The number of rotatable bonds is 6. The van der Waals surface area contributed by atoms with Crippen LogP contribution in [0, 0.1) is 0 Å². The van der Waals surface area contributed by atoms with Crippen LogP contribution >= 0.6 is 0 Å². The minimum Gasteiger partial charge on any atom is -0.368 e. The maximum atomic E-state index is 12.4. The van der Waals surface area contributed by atoms with Crippen LogP contribution in [-0.2, 0) is 11.2 Å². The van der Waals surface area contributed by atoms with Gasteiger partial charge >= 0.3 is 0 Å². The number of ketones is 1. The van der Waals surface area contributed by atoms with Crippen molar-refractivity contribution in [2.75, 3.05) is 31.1 Å². The minimum absolute atomic E-state index is 0.0384. The van der Waals surface area contributed by atoms with Crippen molar-refractivity contribution in [2.45, 2.75) is 26.2 Å². The summed E-state index contributed by atoms with van der Waals surface area (Å²) in [5, 5.41) is 0. The van der Waals surface area contributed by atoms with Crippen LogP contribution < -0.4 is 4.90 Å². The maximum absolute atomic E-state index is 12.4. The van der Waals surface area contributed by atoms with Crippen LogP contribution in [-0.4, -0.2) is 47.8 Å². The molecule has 3 rings (SSSR count). The van der Waals surface area contributed by atoms with Crippen molar-refractivity contribution < 1.29 is 9.59 Å². The van der Waals surface area contributed by atoms with E-state index in [4.69, 9.17) is 0 Å². The van der Waals surface area contributed by atoms with Crippen molar-refractivity contribution in [1.29, 1.82) is 0 Å². The fourth-order valence-corrected chi connectivity index (χ4v) is 3.22. The van der Waals surface area contributed by atoms with Crippen LogP contribution in [0.2, 0.25) is 0 Å². The molecule has 1 amide bonds. The molecule has 0 atom stereocenters. The summed E-state index contributed by atoms with van der Waals surface area (Å²) >= 11 is 0. The molecular formula is C21H25N3O2. The number of benzene rings is 1. The van der Waals surface area contributed by atoms with Crippen LogP contribution in [0.3, 0.4) is 0 Å². The van der Waals surface area contributed by atoms with Gasteiger partial charge in [-0.2, -0.15) is 0 Å². The zero-order valence-corrected chi connectivity index (χ0v) is 15.2. The summed E-state index contributed by atoms with van der Waals surface area (Å²) in [6.45, 7) is 5.09. The molecule has 1 aromatic carbocycles. The Morgan fingerprint density at radius 1 is 0.923 bits per heavy atom. The SMILES string of the molecule is CCc1ccc(C(=O)CCC(=O)N2CCN(c3ccncc3)CC2)cc1. The van der Waals surface area contributed by atoms with Crippen LogP contribution in [0.25, 0.3) is 0 Å². The molecule has 2 heterocycles. The summed E-state index contributed by atoms with van der Waals surface area (Å²) in [5.74, 6) is 0.106. The topological polar surface area (TPSA) is 53.5 Å². The molecule has 1 fully saturated rings. The highest BCUT2D eigenvalue weighted by atomic mass is 16.2. The van der Waals surface area contributed by atoms with E-state index in [-0.39, 0.29) is 24.5 Å². The monoisotopic (exact) mass is 351 g/mol. The highest BCUT2D eigenvalue weighted by Crippen LogP contribution is 2.16. The number of nitrogens with zero attached hydrogens (tertiary/aromatic N) is 3. The number of amides is 1. The Kier molecular flexibility index (Phi) is 6.00. The average molecular weight is 351 g/mol. The van der Waals surface area contributed by atoms with Crippen LogP contribution in [0.5, 0.6) is 0 Å². The molecule has 0 radical (unpaired) electrons. The highest BCUT2D eigenvalue weighted by Gasteiger charge is 2.21. The summed E-state index contributed by atoms with van der Waals surface area (Å²) in [5.41, 5.74) is 3.04. The number of aryl methyl sites for hydroxylation is 1. The first-order valence-corrected chi connectivity index (χ1v) is 9.22. The van der Waals surface area contributed by atoms with Gasteiger partial charge in [0.2, 0.25) is 5.91 Å². The van der Waals surface area contributed by atoms with Crippen LogP contribution in [0.4, 0.5) is 5.69 Å². The predicted octanol–water partition coefficient (Wildman–Crippen LogP) is 2.96. The fraction of sp³-hybridized carbons (Fsp3) is 0.381. The van der Waals surface area contributed by atoms with Gasteiger partial charge in [0.25, 0.3) is 0 Å². The summed E-state index contributed by atoms with van der Waals surface area (Å²) < 4.78 is 0. The van der Waals surface area contributed by atoms with E-state index >= 15 is 0 Å². The molecule has 1 aliphatic heterocycles. The van der Waals surface area contributed by atoms with Crippen LogP contribution in [0.15, 0.2) is 48.8 Å². The largest absolute Gasteiger partial charge is 0.368 e. The standard InChI is InChI=1S/C21H25N3O2/c1-2-17-3-5-18(6-4-17)20(25)7-8-21(26)24-15-13-23(14-16-24)19-9-11-22-12-10-19/h3-6,9-12H,2,7-8,13-16H2,1H3. The molecule has 26 heavy (non-hydrogen) atoms. The minimum atomic E-state index is 0.0384.